The fourth-order valence-corrected chi connectivity index (χ4v) is 2.19. The lowest BCUT2D eigenvalue weighted by atomic mass is 10.2. The highest BCUT2D eigenvalue weighted by molar-refractivity contribution is 5.86. The molecule has 1 aromatic heterocycles. The summed E-state index contributed by atoms with van der Waals surface area (Å²) in [5.41, 5.74) is 0.917. The third-order valence-corrected chi connectivity index (χ3v) is 3.53. The van der Waals surface area contributed by atoms with Gasteiger partial charge in [0.25, 0.3) is 0 Å². The van der Waals surface area contributed by atoms with Gasteiger partial charge in [-0.25, -0.2) is 4.79 Å². The summed E-state index contributed by atoms with van der Waals surface area (Å²) in [7, 11) is 0. The van der Waals surface area contributed by atoms with Gasteiger partial charge in [0.1, 0.15) is 12.4 Å². The summed E-state index contributed by atoms with van der Waals surface area (Å²) in [4.78, 5) is 11.7. The van der Waals surface area contributed by atoms with Crippen LogP contribution in [0.2, 0.25) is 0 Å². The number of carbonyl (C=O) groups excluding carboxylic acids is 1. The predicted octanol–water partition coefficient (Wildman–Crippen LogP) is 4.99. The lowest BCUT2D eigenvalue weighted by Gasteiger charge is -2.07. The van der Waals surface area contributed by atoms with Gasteiger partial charge in [-0.3, -0.25) is 0 Å². The molecule has 1 heterocycles. The van der Waals surface area contributed by atoms with Crippen LogP contribution in [0, 0.1) is 0 Å². The molecule has 0 spiro atoms. The number of hydrogen-bond donors (Lipinski definition) is 0. The second kappa shape index (κ2) is 9.72. The highest BCUT2D eigenvalue weighted by Crippen LogP contribution is 2.14. The van der Waals surface area contributed by atoms with Gasteiger partial charge in [-0.05, 0) is 36.2 Å². The molecule has 0 unspecified atom stereocenters. The lowest BCUT2D eigenvalue weighted by molar-refractivity contribution is 0.0436. The van der Waals surface area contributed by atoms with Crippen molar-refractivity contribution in [3.05, 3.63) is 54.0 Å². The maximum atomic E-state index is 11.7. The van der Waals surface area contributed by atoms with Crippen LogP contribution in [0.25, 0.3) is 0 Å². The van der Waals surface area contributed by atoms with E-state index in [4.69, 9.17) is 13.9 Å². The summed E-state index contributed by atoms with van der Waals surface area (Å²) in [6.07, 6.45) is 7.58. The van der Waals surface area contributed by atoms with E-state index < -0.39 is 5.97 Å². The second-order valence-electron chi connectivity index (χ2n) is 5.46. The van der Waals surface area contributed by atoms with E-state index in [1.165, 1.54) is 31.9 Å². The second-order valence-corrected chi connectivity index (χ2v) is 5.46. The molecule has 0 fully saturated rings. The third kappa shape index (κ3) is 6.19. The van der Waals surface area contributed by atoms with Gasteiger partial charge in [0, 0.05) is 0 Å². The van der Waals surface area contributed by atoms with E-state index >= 15 is 0 Å². The SMILES string of the molecule is CCCCCCCOc1ccc(COC(=O)c2ccco2)cc1. The summed E-state index contributed by atoms with van der Waals surface area (Å²) >= 11 is 0. The molecule has 0 saturated carbocycles. The fourth-order valence-electron chi connectivity index (χ4n) is 2.19. The minimum absolute atomic E-state index is 0.216. The smallest absolute Gasteiger partial charge is 0.374 e. The summed E-state index contributed by atoms with van der Waals surface area (Å²) in [6.45, 7) is 3.18. The first-order chi connectivity index (χ1) is 11.3. The van der Waals surface area contributed by atoms with Crippen molar-refractivity contribution < 1.29 is 18.7 Å². The van der Waals surface area contributed by atoms with Crippen molar-refractivity contribution in [2.75, 3.05) is 6.61 Å². The predicted molar refractivity (Wildman–Crippen MR) is 88.5 cm³/mol. The number of rotatable bonds is 10. The zero-order valence-electron chi connectivity index (χ0n) is 13.6. The lowest BCUT2D eigenvalue weighted by Crippen LogP contribution is -2.04. The van der Waals surface area contributed by atoms with Crippen LogP contribution in [-0.2, 0) is 11.3 Å². The summed E-state index contributed by atoms with van der Waals surface area (Å²) in [6, 6.07) is 10.9. The molecule has 0 aliphatic heterocycles. The standard InChI is InChI=1S/C19H24O4/c1-2-3-4-5-6-13-21-17-11-9-16(10-12-17)15-23-19(20)18-8-7-14-22-18/h7-12,14H,2-6,13,15H2,1H3. The largest absolute Gasteiger partial charge is 0.494 e. The Kier molecular flexibility index (Phi) is 7.24. The molecule has 0 aliphatic carbocycles. The molecule has 0 aliphatic rings. The highest BCUT2D eigenvalue weighted by atomic mass is 16.5. The summed E-state index contributed by atoms with van der Waals surface area (Å²) in [5.74, 6) is 0.608. The first-order valence-electron chi connectivity index (χ1n) is 8.22. The van der Waals surface area contributed by atoms with Gasteiger partial charge in [-0.15, -0.1) is 0 Å². The number of furan rings is 1. The number of ether oxygens (including phenoxy) is 2. The van der Waals surface area contributed by atoms with Crippen molar-refractivity contribution in [1.82, 2.24) is 0 Å². The van der Waals surface area contributed by atoms with Gasteiger partial charge < -0.3 is 13.9 Å². The molecule has 0 radical (unpaired) electrons. The molecule has 0 N–H and O–H groups in total. The van der Waals surface area contributed by atoms with Gasteiger partial charge in [-0.1, -0.05) is 44.7 Å². The van der Waals surface area contributed by atoms with Gasteiger partial charge in [0.05, 0.1) is 12.9 Å². The molecule has 0 atom stereocenters. The molecule has 0 saturated heterocycles. The Morgan fingerprint density at radius 1 is 1.04 bits per heavy atom. The zero-order valence-corrected chi connectivity index (χ0v) is 13.6. The van der Waals surface area contributed by atoms with Crippen molar-refractivity contribution in [3.63, 3.8) is 0 Å². The minimum Gasteiger partial charge on any atom is -0.494 e. The average Bonchev–Trinajstić information content (AvgIpc) is 3.11. The zero-order chi connectivity index (χ0) is 16.3. The Morgan fingerprint density at radius 3 is 2.52 bits per heavy atom. The molecule has 1 aromatic carbocycles. The maximum Gasteiger partial charge on any atom is 0.374 e. The van der Waals surface area contributed by atoms with Gasteiger partial charge in [0.2, 0.25) is 5.76 Å². The molecule has 4 nitrogen and oxygen atoms in total. The maximum absolute atomic E-state index is 11.7. The molecule has 2 aromatic rings. The van der Waals surface area contributed by atoms with E-state index in [0.29, 0.717) is 0 Å². The van der Waals surface area contributed by atoms with E-state index in [2.05, 4.69) is 6.92 Å². The first-order valence-corrected chi connectivity index (χ1v) is 8.22. The molecule has 0 amide bonds. The topological polar surface area (TPSA) is 48.7 Å². The molecular weight excluding hydrogens is 292 g/mol. The average molecular weight is 316 g/mol. The molecular formula is C19H24O4. The Hall–Kier alpha value is -2.23. The Morgan fingerprint density at radius 2 is 1.83 bits per heavy atom. The van der Waals surface area contributed by atoms with Crippen LogP contribution >= 0.6 is 0 Å². The molecule has 0 bridgehead atoms. The number of carbonyl (C=O) groups is 1. The van der Waals surface area contributed by atoms with Crippen molar-refractivity contribution in [1.29, 1.82) is 0 Å². The van der Waals surface area contributed by atoms with E-state index in [0.717, 1.165) is 24.3 Å². The number of hydrogen-bond acceptors (Lipinski definition) is 4. The highest BCUT2D eigenvalue weighted by Gasteiger charge is 2.09. The van der Waals surface area contributed by atoms with Crippen molar-refractivity contribution in [2.24, 2.45) is 0 Å². The van der Waals surface area contributed by atoms with Crippen LogP contribution < -0.4 is 4.74 Å². The van der Waals surface area contributed by atoms with Crippen LogP contribution in [0.4, 0.5) is 0 Å². The Bertz CT molecular complexity index is 558. The van der Waals surface area contributed by atoms with Crippen LogP contribution in [0.15, 0.2) is 47.1 Å². The number of unbranched alkanes of at least 4 members (excludes halogenated alkanes) is 4. The van der Waals surface area contributed by atoms with Crippen LogP contribution in [0.5, 0.6) is 5.75 Å². The Labute approximate surface area is 137 Å². The molecule has 2 rings (SSSR count). The fraction of sp³-hybridized carbons (Fsp3) is 0.421. The monoisotopic (exact) mass is 316 g/mol. The molecule has 124 valence electrons. The molecule has 4 heteroatoms. The normalized spacial score (nSPS) is 10.5. The van der Waals surface area contributed by atoms with Gasteiger partial charge >= 0.3 is 5.97 Å². The van der Waals surface area contributed by atoms with Crippen LogP contribution in [0.3, 0.4) is 0 Å². The van der Waals surface area contributed by atoms with Gasteiger partial charge in [-0.2, -0.15) is 0 Å². The van der Waals surface area contributed by atoms with Crippen molar-refractivity contribution in [3.8, 4) is 5.75 Å². The van der Waals surface area contributed by atoms with E-state index in [9.17, 15) is 4.79 Å². The third-order valence-electron chi connectivity index (χ3n) is 3.53. The van der Waals surface area contributed by atoms with E-state index in [1.54, 1.807) is 12.1 Å². The van der Waals surface area contributed by atoms with Crippen molar-refractivity contribution in [2.45, 2.75) is 45.6 Å². The summed E-state index contributed by atoms with van der Waals surface area (Å²) < 4.78 is 15.9. The molecule has 23 heavy (non-hydrogen) atoms. The van der Waals surface area contributed by atoms with Crippen molar-refractivity contribution >= 4 is 5.97 Å². The van der Waals surface area contributed by atoms with E-state index in [1.807, 2.05) is 24.3 Å². The quantitative estimate of drug-likeness (QED) is 0.458. The van der Waals surface area contributed by atoms with Crippen LogP contribution in [-0.4, -0.2) is 12.6 Å². The Balaban J connectivity index is 1.67. The van der Waals surface area contributed by atoms with Crippen LogP contribution in [0.1, 0.15) is 55.1 Å². The van der Waals surface area contributed by atoms with E-state index in [-0.39, 0.29) is 12.4 Å². The van der Waals surface area contributed by atoms with Gasteiger partial charge in [0.15, 0.2) is 0 Å². The number of esters is 1. The number of benzene rings is 1. The first kappa shape index (κ1) is 17.1. The summed E-state index contributed by atoms with van der Waals surface area (Å²) in [5, 5.41) is 0. The minimum atomic E-state index is -0.456.